The quantitative estimate of drug-likeness (QED) is 0.0599. The van der Waals surface area contributed by atoms with Crippen LogP contribution in [-0.4, -0.2) is 163 Å². The van der Waals surface area contributed by atoms with E-state index in [2.05, 4.69) is 24.3 Å². The Morgan fingerprint density at radius 2 is 0.877 bits per heavy atom. The first-order valence-electron chi connectivity index (χ1n) is 19.6. The number of fused-ring (bicyclic) bond motifs is 3. The van der Waals surface area contributed by atoms with Gasteiger partial charge in [-0.2, -0.15) is 0 Å². The summed E-state index contributed by atoms with van der Waals surface area (Å²) in [5.41, 5.74) is 5.40. The summed E-state index contributed by atoms with van der Waals surface area (Å²) in [5, 5.41) is 0. The smallest absolute Gasteiger partial charge is 0.409 e. The molecule has 57 heavy (non-hydrogen) atoms. The van der Waals surface area contributed by atoms with Crippen LogP contribution in [0.25, 0.3) is 11.1 Å². The van der Waals surface area contributed by atoms with E-state index in [0.29, 0.717) is 150 Å². The fourth-order valence-electron chi connectivity index (χ4n) is 5.72. The van der Waals surface area contributed by atoms with Crippen molar-refractivity contribution < 1.29 is 61.7 Å². The molecule has 1 aliphatic rings. The van der Waals surface area contributed by atoms with Crippen LogP contribution in [0.15, 0.2) is 72.8 Å². The summed E-state index contributed by atoms with van der Waals surface area (Å²) in [5.74, 6) is 0.734. The fourth-order valence-corrected chi connectivity index (χ4v) is 5.72. The van der Waals surface area contributed by atoms with E-state index in [1.54, 1.807) is 31.3 Å². The summed E-state index contributed by atoms with van der Waals surface area (Å²) in [6.07, 6.45) is 0.429. The summed E-state index contributed by atoms with van der Waals surface area (Å²) >= 11 is 0. The monoisotopic (exact) mass is 797 g/mol. The maximum Gasteiger partial charge on any atom is 0.409 e. The van der Waals surface area contributed by atoms with Gasteiger partial charge in [-0.1, -0.05) is 48.5 Å². The van der Waals surface area contributed by atoms with Crippen molar-refractivity contribution in [3.05, 3.63) is 89.5 Å². The van der Waals surface area contributed by atoms with Crippen LogP contribution < -0.4 is 4.74 Å². The van der Waals surface area contributed by atoms with Crippen LogP contribution in [0.4, 0.5) is 4.79 Å². The Balaban J connectivity index is 0.806. The molecular weight excluding hydrogens is 738 g/mol. The molecule has 314 valence electrons. The lowest BCUT2D eigenvalue weighted by atomic mass is 9.98. The van der Waals surface area contributed by atoms with Gasteiger partial charge in [0.15, 0.2) is 0 Å². The Morgan fingerprint density at radius 1 is 0.509 bits per heavy atom. The number of ether oxygens (including phenoxy) is 11. The van der Waals surface area contributed by atoms with Crippen molar-refractivity contribution in [2.24, 2.45) is 0 Å². The Labute approximate surface area is 336 Å². The highest BCUT2D eigenvalue weighted by atomic mass is 16.6. The second-order valence-corrected chi connectivity index (χ2v) is 12.8. The fraction of sp³-hybridized carbons (Fsp3) is 0.535. The molecule has 3 aromatic rings. The van der Waals surface area contributed by atoms with Crippen LogP contribution in [0.5, 0.6) is 5.75 Å². The lowest BCUT2D eigenvalue weighted by Crippen LogP contribution is -2.32. The highest BCUT2D eigenvalue weighted by molar-refractivity contribution is 5.79. The van der Waals surface area contributed by atoms with Crippen molar-refractivity contribution >= 4 is 12.4 Å². The zero-order valence-electron chi connectivity index (χ0n) is 33.2. The van der Waals surface area contributed by atoms with Gasteiger partial charge in [0.2, 0.25) is 0 Å². The maximum absolute atomic E-state index is 12.6. The van der Waals surface area contributed by atoms with Crippen LogP contribution in [0.3, 0.4) is 0 Å². The van der Waals surface area contributed by atoms with Gasteiger partial charge in [-0.3, -0.25) is 4.79 Å². The van der Waals surface area contributed by atoms with Crippen molar-refractivity contribution in [1.29, 1.82) is 0 Å². The highest BCUT2D eigenvalue weighted by Gasteiger charge is 2.29. The molecule has 3 aromatic carbocycles. The first-order valence-corrected chi connectivity index (χ1v) is 19.6. The van der Waals surface area contributed by atoms with E-state index in [4.69, 9.17) is 52.1 Å². The molecule has 0 heterocycles. The molecule has 0 saturated heterocycles. The number of carbonyl (C=O) groups is 2. The molecule has 0 radical (unpaired) electrons. The lowest BCUT2D eigenvalue weighted by Gasteiger charge is -2.19. The third-order valence-electron chi connectivity index (χ3n) is 8.71. The van der Waals surface area contributed by atoms with E-state index < -0.39 is 0 Å². The Hall–Kier alpha value is -3.96. The first-order chi connectivity index (χ1) is 28.2. The summed E-state index contributed by atoms with van der Waals surface area (Å²) in [4.78, 5) is 24.8. The molecule has 0 unspecified atom stereocenters. The zero-order valence-corrected chi connectivity index (χ0v) is 33.2. The molecule has 0 spiro atoms. The molecule has 0 fully saturated rings. The number of hydrogen-bond donors (Lipinski definition) is 0. The largest absolute Gasteiger partial charge is 0.491 e. The molecule has 1 amide bonds. The topological polar surface area (TPSA) is 139 Å². The van der Waals surface area contributed by atoms with E-state index in [1.807, 2.05) is 24.3 Å². The van der Waals surface area contributed by atoms with E-state index in [0.717, 1.165) is 6.29 Å². The Morgan fingerprint density at radius 3 is 1.28 bits per heavy atom. The van der Waals surface area contributed by atoms with Crippen LogP contribution in [-0.2, 0) is 47.4 Å². The number of nitrogens with zero attached hydrogens (tertiary/aromatic N) is 1. The molecule has 0 aliphatic heterocycles. The molecule has 4 rings (SSSR count). The van der Waals surface area contributed by atoms with Crippen molar-refractivity contribution in [2.45, 2.75) is 5.92 Å². The third-order valence-corrected chi connectivity index (χ3v) is 8.71. The normalized spacial score (nSPS) is 12.0. The molecular formula is C43H59NO13. The maximum atomic E-state index is 12.6. The van der Waals surface area contributed by atoms with Crippen molar-refractivity contribution in [3.63, 3.8) is 0 Å². The summed E-state index contributed by atoms with van der Waals surface area (Å²) in [7, 11) is 1.71. The predicted octanol–water partition coefficient (Wildman–Crippen LogP) is 4.91. The molecule has 0 saturated carbocycles. The van der Waals surface area contributed by atoms with Gasteiger partial charge in [-0.25, -0.2) is 4.79 Å². The summed E-state index contributed by atoms with van der Waals surface area (Å²) in [6, 6.07) is 23.5. The number of carbonyl (C=O) groups excluding carboxylic acids is 2. The van der Waals surface area contributed by atoms with E-state index in [1.165, 1.54) is 27.2 Å². The van der Waals surface area contributed by atoms with Crippen molar-refractivity contribution in [1.82, 2.24) is 4.90 Å². The van der Waals surface area contributed by atoms with Crippen LogP contribution >= 0.6 is 0 Å². The van der Waals surface area contributed by atoms with Gasteiger partial charge in [0.1, 0.15) is 25.2 Å². The minimum absolute atomic E-state index is 0.0351. The number of rotatable bonds is 34. The van der Waals surface area contributed by atoms with Crippen LogP contribution in [0.1, 0.15) is 27.4 Å². The lowest BCUT2D eigenvalue weighted by molar-refractivity contribution is -0.0255. The van der Waals surface area contributed by atoms with Gasteiger partial charge in [0, 0.05) is 25.1 Å². The summed E-state index contributed by atoms with van der Waals surface area (Å²) < 4.78 is 60.9. The van der Waals surface area contributed by atoms with Crippen LogP contribution in [0, 0.1) is 0 Å². The number of aldehydes is 1. The number of amides is 1. The number of likely N-dealkylation sites (N-methyl/N-ethyl adjacent to an activating group) is 1. The summed E-state index contributed by atoms with van der Waals surface area (Å²) in [6.45, 7) is 9.54. The predicted molar refractivity (Wildman–Crippen MR) is 212 cm³/mol. The minimum Gasteiger partial charge on any atom is -0.491 e. The zero-order chi connectivity index (χ0) is 40.0. The van der Waals surface area contributed by atoms with E-state index in [9.17, 15) is 9.59 Å². The molecule has 0 atom stereocenters. The Bertz CT molecular complexity index is 1460. The third kappa shape index (κ3) is 18.5. The number of hydrogen-bond acceptors (Lipinski definition) is 13. The average Bonchev–Trinajstić information content (AvgIpc) is 3.56. The number of benzene rings is 3. The second kappa shape index (κ2) is 29.3. The highest BCUT2D eigenvalue weighted by Crippen LogP contribution is 2.44. The van der Waals surface area contributed by atoms with Gasteiger partial charge >= 0.3 is 6.09 Å². The minimum atomic E-state index is -0.368. The van der Waals surface area contributed by atoms with Gasteiger partial charge in [-0.15, -0.1) is 0 Å². The van der Waals surface area contributed by atoms with Crippen molar-refractivity contribution in [2.75, 3.05) is 146 Å². The Kier molecular flexibility index (Phi) is 23.5. The molecule has 0 aromatic heterocycles. The van der Waals surface area contributed by atoms with Gasteiger partial charge in [0.25, 0.3) is 0 Å². The van der Waals surface area contributed by atoms with Crippen molar-refractivity contribution in [3.8, 4) is 16.9 Å². The average molecular weight is 798 g/mol. The van der Waals surface area contributed by atoms with Gasteiger partial charge in [0.05, 0.1) is 119 Å². The van der Waals surface area contributed by atoms with Crippen LogP contribution in [0.2, 0.25) is 0 Å². The first kappa shape index (κ1) is 45.7. The SMILES string of the molecule is CN(CCOCCOCCOCCOCCOCCOCCOCCOCCOCCOc1ccc(C=O)cc1)C(=O)OCC1c2ccccc2-c2ccccc21. The molecule has 1 aliphatic carbocycles. The molecule has 14 heteroatoms. The molecule has 14 nitrogen and oxygen atoms in total. The van der Waals surface area contributed by atoms with Gasteiger partial charge < -0.3 is 57.0 Å². The van der Waals surface area contributed by atoms with E-state index >= 15 is 0 Å². The molecule has 0 bridgehead atoms. The van der Waals surface area contributed by atoms with Gasteiger partial charge in [-0.05, 0) is 46.5 Å². The molecule has 0 N–H and O–H groups in total. The second-order valence-electron chi connectivity index (χ2n) is 12.8. The van der Waals surface area contributed by atoms with E-state index in [-0.39, 0.29) is 12.0 Å². The standard InChI is InChI=1S/C43H59NO13/c1-44(43(46)57-35-42-40-8-4-2-6-38(40)39-7-3-5-9-41(39)42)14-15-47-16-17-48-18-19-49-20-21-50-22-23-51-24-25-52-26-27-53-28-29-54-30-31-55-32-33-56-37-12-10-36(34-45)11-13-37/h2-13,34,42H,14-33,35H2,1H3.